The lowest BCUT2D eigenvalue weighted by Gasteiger charge is -2.26. The first-order valence-corrected chi connectivity index (χ1v) is 8.59. The number of carbonyl (C=O) groups is 2. The van der Waals surface area contributed by atoms with Crippen LogP contribution in [0.4, 0.5) is 5.69 Å². The number of nitrogens with two attached hydrogens (primary N) is 1. The molecule has 3 N–H and O–H groups in total. The van der Waals surface area contributed by atoms with E-state index < -0.39 is 0 Å². The Morgan fingerprint density at radius 1 is 1.13 bits per heavy atom. The van der Waals surface area contributed by atoms with E-state index in [-0.39, 0.29) is 23.8 Å². The van der Waals surface area contributed by atoms with Crippen molar-refractivity contribution in [3.05, 3.63) is 29.8 Å². The molecule has 1 heterocycles. The van der Waals surface area contributed by atoms with Crippen LogP contribution in [-0.2, 0) is 4.79 Å². The second-order valence-electron chi connectivity index (χ2n) is 6.69. The van der Waals surface area contributed by atoms with Gasteiger partial charge in [-0.1, -0.05) is 6.07 Å². The lowest BCUT2D eigenvalue weighted by molar-refractivity contribution is -0.119. The summed E-state index contributed by atoms with van der Waals surface area (Å²) in [5.74, 6) is 0.0654. The smallest absolute Gasteiger partial charge is 0.253 e. The molecule has 1 aliphatic heterocycles. The minimum Gasteiger partial charge on any atom is -0.339 e. The highest BCUT2D eigenvalue weighted by Gasteiger charge is 2.28. The average molecular weight is 315 g/mol. The first-order chi connectivity index (χ1) is 11.1. The molecule has 2 fully saturated rings. The molecule has 0 bridgehead atoms. The van der Waals surface area contributed by atoms with Crippen LogP contribution in [-0.4, -0.2) is 35.8 Å². The molecule has 124 valence electrons. The van der Waals surface area contributed by atoms with Crippen molar-refractivity contribution in [1.82, 2.24) is 4.90 Å². The summed E-state index contributed by atoms with van der Waals surface area (Å²) in [4.78, 5) is 26.7. The van der Waals surface area contributed by atoms with Crippen LogP contribution in [0.5, 0.6) is 0 Å². The minimum atomic E-state index is -0.00791. The van der Waals surface area contributed by atoms with E-state index in [0.717, 1.165) is 45.2 Å². The van der Waals surface area contributed by atoms with E-state index in [0.29, 0.717) is 11.3 Å². The quantitative estimate of drug-likeness (QED) is 0.899. The molecule has 1 aliphatic carbocycles. The molecule has 5 heteroatoms. The second kappa shape index (κ2) is 7.13. The van der Waals surface area contributed by atoms with Crippen molar-refractivity contribution >= 4 is 17.5 Å². The van der Waals surface area contributed by atoms with Gasteiger partial charge in [0.15, 0.2) is 0 Å². The Morgan fingerprint density at radius 2 is 1.91 bits per heavy atom. The molecule has 2 atom stereocenters. The van der Waals surface area contributed by atoms with Gasteiger partial charge in [0.1, 0.15) is 0 Å². The Labute approximate surface area is 137 Å². The van der Waals surface area contributed by atoms with E-state index in [1.807, 2.05) is 23.1 Å². The molecule has 1 aromatic carbocycles. The monoisotopic (exact) mass is 315 g/mol. The topological polar surface area (TPSA) is 75.4 Å². The van der Waals surface area contributed by atoms with Crippen LogP contribution >= 0.6 is 0 Å². The van der Waals surface area contributed by atoms with Gasteiger partial charge in [-0.25, -0.2) is 0 Å². The third-order valence-corrected chi connectivity index (χ3v) is 4.86. The summed E-state index contributed by atoms with van der Waals surface area (Å²) in [6.45, 7) is 1.66. The fourth-order valence-electron chi connectivity index (χ4n) is 3.51. The van der Waals surface area contributed by atoms with E-state index in [1.165, 1.54) is 6.42 Å². The number of nitrogens with one attached hydrogen (secondary N) is 1. The Bertz CT molecular complexity index is 581. The number of carbonyl (C=O) groups excluding carboxylic acids is 2. The molecule has 0 spiro atoms. The van der Waals surface area contributed by atoms with Gasteiger partial charge in [0.25, 0.3) is 5.91 Å². The molecule has 1 saturated heterocycles. The Morgan fingerprint density at radius 3 is 2.61 bits per heavy atom. The van der Waals surface area contributed by atoms with E-state index in [4.69, 9.17) is 5.73 Å². The zero-order valence-electron chi connectivity index (χ0n) is 13.5. The largest absolute Gasteiger partial charge is 0.339 e. The van der Waals surface area contributed by atoms with Gasteiger partial charge in [0, 0.05) is 36.3 Å². The molecular formula is C18H25N3O2. The zero-order chi connectivity index (χ0) is 16.2. The summed E-state index contributed by atoms with van der Waals surface area (Å²) in [6, 6.07) is 7.40. The fourth-order valence-corrected chi connectivity index (χ4v) is 3.51. The van der Waals surface area contributed by atoms with Gasteiger partial charge in [0.2, 0.25) is 5.91 Å². The van der Waals surface area contributed by atoms with Crippen molar-refractivity contribution in [2.24, 2.45) is 11.7 Å². The van der Waals surface area contributed by atoms with E-state index in [2.05, 4.69) is 5.32 Å². The number of likely N-dealkylation sites (tertiary alicyclic amines) is 1. The molecule has 5 nitrogen and oxygen atoms in total. The molecule has 1 aromatic rings. The molecule has 2 amide bonds. The Kier molecular flexibility index (Phi) is 4.96. The van der Waals surface area contributed by atoms with Crippen LogP contribution in [0.15, 0.2) is 24.3 Å². The van der Waals surface area contributed by atoms with E-state index in [9.17, 15) is 9.59 Å². The third kappa shape index (κ3) is 3.91. The standard InChI is InChI=1S/C18H25N3O2/c19-15-8-7-13(11-15)17(22)20-16-6-4-5-14(12-16)18(23)21-9-2-1-3-10-21/h4-6,12-13,15H,1-3,7-11,19H2,(H,20,22). The summed E-state index contributed by atoms with van der Waals surface area (Å²) in [6.07, 6.45) is 5.85. The number of nitrogens with zero attached hydrogens (tertiary/aromatic N) is 1. The summed E-state index contributed by atoms with van der Waals surface area (Å²) in [7, 11) is 0. The van der Waals surface area contributed by atoms with Gasteiger partial charge < -0.3 is 16.0 Å². The van der Waals surface area contributed by atoms with Crippen LogP contribution in [0.1, 0.15) is 48.9 Å². The first-order valence-electron chi connectivity index (χ1n) is 8.59. The van der Waals surface area contributed by atoms with Crippen molar-refractivity contribution in [2.75, 3.05) is 18.4 Å². The number of piperidine rings is 1. The van der Waals surface area contributed by atoms with Crippen LogP contribution in [0.2, 0.25) is 0 Å². The van der Waals surface area contributed by atoms with Crippen molar-refractivity contribution in [1.29, 1.82) is 0 Å². The number of anilines is 1. The van der Waals surface area contributed by atoms with Gasteiger partial charge in [-0.2, -0.15) is 0 Å². The van der Waals surface area contributed by atoms with Crippen molar-refractivity contribution in [3.63, 3.8) is 0 Å². The fraction of sp³-hybridized carbons (Fsp3) is 0.556. The molecular weight excluding hydrogens is 290 g/mol. The van der Waals surface area contributed by atoms with Gasteiger partial charge in [-0.05, 0) is 56.7 Å². The van der Waals surface area contributed by atoms with Crippen LogP contribution in [0, 0.1) is 5.92 Å². The van der Waals surface area contributed by atoms with Gasteiger partial charge in [0.05, 0.1) is 0 Å². The Balaban J connectivity index is 1.65. The predicted octanol–water partition coefficient (Wildman–Crippen LogP) is 2.38. The normalized spacial score (nSPS) is 24.5. The molecule has 0 aromatic heterocycles. The predicted molar refractivity (Wildman–Crippen MR) is 90.1 cm³/mol. The highest BCUT2D eigenvalue weighted by atomic mass is 16.2. The number of hydrogen-bond donors (Lipinski definition) is 2. The van der Waals surface area contributed by atoms with Crippen LogP contribution in [0.3, 0.4) is 0 Å². The highest BCUT2D eigenvalue weighted by molar-refractivity contribution is 5.97. The maximum Gasteiger partial charge on any atom is 0.253 e. The summed E-state index contributed by atoms with van der Waals surface area (Å²) >= 11 is 0. The number of amides is 2. The molecule has 23 heavy (non-hydrogen) atoms. The molecule has 3 rings (SSSR count). The van der Waals surface area contributed by atoms with Gasteiger partial charge in [-0.15, -0.1) is 0 Å². The zero-order valence-corrected chi connectivity index (χ0v) is 13.5. The van der Waals surface area contributed by atoms with Gasteiger partial charge in [-0.3, -0.25) is 9.59 Å². The average Bonchev–Trinajstić information content (AvgIpc) is 3.02. The molecule has 0 radical (unpaired) electrons. The number of benzene rings is 1. The van der Waals surface area contributed by atoms with E-state index >= 15 is 0 Å². The molecule has 2 aliphatic rings. The van der Waals surface area contributed by atoms with Gasteiger partial charge >= 0.3 is 0 Å². The van der Waals surface area contributed by atoms with E-state index in [1.54, 1.807) is 6.07 Å². The lowest BCUT2D eigenvalue weighted by atomic mass is 10.1. The lowest BCUT2D eigenvalue weighted by Crippen LogP contribution is -2.35. The molecule has 1 saturated carbocycles. The first kappa shape index (κ1) is 16.0. The Hall–Kier alpha value is -1.88. The van der Waals surface area contributed by atoms with Crippen LogP contribution in [0.25, 0.3) is 0 Å². The highest BCUT2D eigenvalue weighted by Crippen LogP contribution is 2.25. The summed E-state index contributed by atoms with van der Waals surface area (Å²) in [5.41, 5.74) is 7.21. The minimum absolute atomic E-state index is 0.00791. The number of hydrogen-bond acceptors (Lipinski definition) is 3. The SMILES string of the molecule is NC1CCC(C(=O)Nc2cccc(C(=O)N3CCCCC3)c2)C1. The van der Waals surface area contributed by atoms with Crippen LogP contribution < -0.4 is 11.1 Å². The maximum absolute atomic E-state index is 12.5. The summed E-state index contributed by atoms with van der Waals surface area (Å²) < 4.78 is 0. The molecule has 2 unspecified atom stereocenters. The number of rotatable bonds is 3. The van der Waals surface area contributed by atoms with Crippen molar-refractivity contribution in [2.45, 2.75) is 44.6 Å². The second-order valence-corrected chi connectivity index (χ2v) is 6.69. The van der Waals surface area contributed by atoms with Crippen molar-refractivity contribution < 1.29 is 9.59 Å². The van der Waals surface area contributed by atoms with Crippen molar-refractivity contribution in [3.8, 4) is 0 Å². The maximum atomic E-state index is 12.5. The third-order valence-electron chi connectivity index (χ3n) is 4.86. The summed E-state index contributed by atoms with van der Waals surface area (Å²) in [5, 5.41) is 2.94.